The SMILES string of the molecule is Cc1nnc(NC(=O)[C@H]2Oc3ccccc3O[C@H]2C)s1. The van der Waals surface area contributed by atoms with Gasteiger partial charge in [-0.15, -0.1) is 10.2 Å². The number of nitrogens with zero attached hydrogens (tertiary/aromatic N) is 2. The van der Waals surface area contributed by atoms with E-state index in [1.54, 1.807) is 13.0 Å². The number of anilines is 1. The van der Waals surface area contributed by atoms with Crippen molar-refractivity contribution in [2.24, 2.45) is 0 Å². The van der Waals surface area contributed by atoms with Gasteiger partial charge < -0.3 is 9.47 Å². The quantitative estimate of drug-likeness (QED) is 0.916. The molecule has 2 atom stereocenters. The van der Waals surface area contributed by atoms with Crippen molar-refractivity contribution in [3.8, 4) is 11.5 Å². The minimum Gasteiger partial charge on any atom is -0.482 e. The van der Waals surface area contributed by atoms with Crippen LogP contribution in [0.5, 0.6) is 11.5 Å². The lowest BCUT2D eigenvalue weighted by atomic mass is 10.1. The molecule has 0 bridgehead atoms. The summed E-state index contributed by atoms with van der Waals surface area (Å²) in [6.07, 6.45) is -1.09. The molecule has 7 heteroatoms. The lowest BCUT2D eigenvalue weighted by Gasteiger charge is -2.30. The van der Waals surface area contributed by atoms with E-state index >= 15 is 0 Å². The second-order valence-corrected chi connectivity index (χ2v) is 5.61. The highest BCUT2D eigenvalue weighted by Crippen LogP contribution is 2.33. The van der Waals surface area contributed by atoms with E-state index in [1.165, 1.54) is 11.3 Å². The van der Waals surface area contributed by atoms with Crippen LogP contribution in [-0.4, -0.2) is 28.3 Å². The molecule has 1 aromatic heterocycles. The van der Waals surface area contributed by atoms with E-state index in [-0.39, 0.29) is 12.0 Å². The second-order valence-electron chi connectivity index (χ2n) is 4.42. The van der Waals surface area contributed by atoms with Crippen molar-refractivity contribution in [1.82, 2.24) is 10.2 Å². The molecule has 1 aliphatic rings. The summed E-state index contributed by atoms with van der Waals surface area (Å²) in [4.78, 5) is 12.2. The molecule has 20 heavy (non-hydrogen) atoms. The molecule has 0 saturated carbocycles. The number of carbonyl (C=O) groups excluding carboxylic acids is 1. The molecule has 6 nitrogen and oxygen atoms in total. The Morgan fingerprint density at radius 2 is 1.95 bits per heavy atom. The van der Waals surface area contributed by atoms with Crippen LogP contribution < -0.4 is 14.8 Å². The average molecular weight is 291 g/mol. The number of nitrogens with one attached hydrogen (secondary N) is 1. The number of carbonyl (C=O) groups is 1. The van der Waals surface area contributed by atoms with Crippen LogP contribution in [0.1, 0.15) is 11.9 Å². The number of fused-ring (bicyclic) bond motifs is 1. The van der Waals surface area contributed by atoms with Gasteiger partial charge in [-0.3, -0.25) is 10.1 Å². The molecule has 0 spiro atoms. The van der Waals surface area contributed by atoms with Gasteiger partial charge in [0, 0.05) is 0 Å². The molecule has 1 aromatic carbocycles. The Kier molecular flexibility index (Phi) is 3.27. The first-order chi connectivity index (χ1) is 9.63. The van der Waals surface area contributed by atoms with E-state index in [9.17, 15) is 4.79 Å². The van der Waals surface area contributed by atoms with E-state index < -0.39 is 6.10 Å². The van der Waals surface area contributed by atoms with Gasteiger partial charge in [0.15, 0.2) is 11.5 Å². The smallest absolute Gasteiger partial charge is 0.271 e. The maximum Gasteiger partial charge on any atom is 0.271 e. The van der Waals surface area contributed by atoms with Gasteiger partial charge in [0.1, 0.15) is 11.1 Å². The number of hydrogen-bond donors (Lipinski definition) is 1. The van der Waals surface area contributed by atoms with Crippen LogP contribution in [0.3, 0.4) is 0 Å². The van der Waals surface area contributed by atoms with Gasteiger partial charge in [-0.1, -0.05) is 23.5 Å². The molecule has 1 N–H and O–H groups in total. The Bertz CT molecular complexity index is 643. The normalized spacial score (nSPS) is 20.5. The van der Waals surface area contributed by atoms with E-state index in [4.69, 9.17) is 9.47 Å². The third kappa shape index (κ3) is 2.44. The second kappa shape index (κ2) is 5.09. The summed E-state index contributed by atoms with van der Waals surface area (Å²) in [6, 6.07) is 7.28. The van der Waals surface area contributed by atoms with Gasteiger partial charge in [-0.2, -0.15) is 0 Å². The molecule has 0 saturated heterocycles. The van der Waals surface area contributed by atoms with Gasteiger partial charge in [-0.25, -0.2) is 0 Å². The van der Waals surface area contributed by atoms with E-state index in [2.05, 4.69) is 15.5 Å². The third-order valence-corrected chi connectivity index (χ3v) is 3.61. The Hall–Kier alpha value is -2.15. The Balaban J connectivity index is 1.75. The highest BCUT2D eigenvalue weighted by Gasteiger charge is 2.34. The first-order valence-corrected chi connectivity index (χ1v) is 6.98. The predicted molar refractivity (Wildman–Crippen MR) is 74.2 cm³/mol. The molecule has 0 fully saturated rings. The molecule has 0 radical (unpaired) electrons. The van der Waals surface area contributed by atoms with Gasteiger partial charge in [0.25, 0.3) is 5.91 Å². The summed E-state index contributed by atoms with van der Waals surface area (Å²) in [7, 11) is 0. The van der Waals surface area contributed by atoms with Crippen molar-refractivity contribution in [2.75, 3.05) is 5.32 Å². The van der Waals surface area contributed by atoms with Gasteiger partial charge in [0.05, 0.1) is 0 Å². The molecule has 3 rings (SSSR count). The number of ether oxygens (including phenoxy) is 2. The minimum atomic E-state index is -0.714. The Morgan fingerprint density at radius 1 is 1.25 bits per heavy atom. The molecule has 0 aliphatic carbocycles. The summed E-state index contributed by atoms with van der Waals surface area (Å²) in [5.74, 6) is 0.929. The molecule has 1 aliphatic heterocycles. The van der Waals surface area contributed by atoms with Gasteiger partial charge in [0.2, 0.25) is 11.2 Å². The Labute approximate surface area is 119 Å². The summed E-state index contributed by atoms with van der Waals surface area (Å²) in [6.45, 7) is 3.62. The fourth-order valence-electron chi connectivity index (χ4n) is 1.93. The van der Waals surface area contributed by atoms with Gasteiger partial charge >= 0.3 is 0 Å². The maximum atomic E-state index is 12.2. The fourth-order valence-corrected chi connectivity index (χ4v) is 2.52. The number of rotatable bonds is 2. The van der Waals surface area contributed by atoms with Crippen LogP contribution in [0.15, 0.2) is 24.3 Å². The molecular formula is C13H13N3O3S. The Morgan fingerprint density at radius 3 is 2.60 bits per heavy atom. The van der Waals surface area contributed by atoms with Crippen molar-refractivity contribution < 1.29 is 14.3 Å². The van der Waals surface area contributed by atoms with Crippen molar-refractivity contribution in [3.05, 3.63) is 29.3 Å². The average Bonchev–Trinajstić information content (AvgIpc) is 2.83. The number of benzene rings is 1. The zero-order valence-electron chi connectivity index (χ0n) is 11.0. The lowest BCUT2D eigenvalue weighted by molar-refractivity contribution is -0.128. The lowest BCUT2D eigenvalue weighted by Crippen LogP contribution is -2.46. The van der Waals surface area contributed by atoms with Crippen LogP contribution >= 0.6 is 11.3 Å². The molecule has 2 heterocycles. The molecule has 0 unspecified atom stereocenters. The number of amides is 1. The van der Waals surface area contributed by atoms with Crippen LogP contribution in [0, 0.1) is 6.92 Å². The largest absolute Gasteiger partial charge is 0.482 e. The van der Waals surface area contributed by atoms with Crippen LogP contribution in [0.25, 0.3) is 0 Å². The summed E-state index contributed by atoms with van der Waals surface area (Å²) < 4.78 is 11.4. The minimum absolute atomic E-state index is 0.289. The summed E-state index contributed by atoms with van der Waals surface area (Å²) in [5.41, 5.74) is 0. The first-order valence-electron chi connectivity index (χ1n) is 6.17. The molecular weight excluding hydrogens is 278 g/mol. The van der Waals surface area contributed by atoms with Crippen molar-refractivity contribution in [3.63, 3.8) is 0 Å². The molecule has 2 aromatic rings. The summed E-state index contributed by atoms with van der Waals surface area (Å²) in [5, 5.41) is 11.7. The van der Waals surface area contributed by atoms with E-state index in [1.807, 2.05) is 25.1 Å². The highest BCUT2D eigenvalue weighted by atomic mass is 32.1. The van der Waals surface area contributed by atoms with Crippen molar-refractivity contribution in [2.45, 2.75) is 26.1 Å². The number of para-hydroxylation sites is 2. The highest BCUT2D eigenvalue weighted by molar-refractivity contribution is 7.15. The number of hydrogen-bond acceptors (Lipinski definition) is 6. The maximum absolute atomic E-state index is 12.2. The van der Waals surface area contributed by atoms with E-state index in [0.29, 0.717) is 16.6 Å². The third-order valence-electron chi connectivity index (χ3n) is 2.86. The van der Waals surface area contributed by atoms with Crippen molar-refractivity contribution in [1.29, 1.82) is 0 Å². The zero-order chi connectivity index (χ0) is 14.1. The van der Waals surface area contributed by atoms with Crippen LogP contribution in [-0.2, 0) is 4.79 Å². The topological polar surface area (TPSA) is 73.3 Å². The van der Waals surface area contributed by atoms with E-state index in [0.717, 1.165) is 5.01 Å². The van der Waals surface area contributed by atoms with Gasteiger partial charge in [-0.05, 0) is 26.0 Å². The summed E-state index contributed by atoms with van der Waals surface area (Å²) >= 11 is 1.32. The fraction of sp³-hybridized carbons (Fsp3) is 0.308. The molecule has 1 amide bonds. The number of aromatic nitrogens is 2. The standard InChI is InChI=1S/C13H13N3O3S/c1-7-11(12(17)14-13-16-15-8(2)20-13)19-10-6-4-3-5-9(10)18-7/h3-7,11H,1-2H3,(H,14,16,17)/t7-,11-/m0/s1. The number of aryl methyl sites for hydroxylation is 1. The van der Waals surface area contributed by atoms with Crippen LogP contribution in [0.2, 0.25) is 0 Å². The predicted octanol–water partition coefficient (Wildman–Crippen LogP) is 2.01. The van der Waals surface area contributed by atoms with Crippen LogP contribution in [0.4, 0.5) is 5.13 Å². The van der Waals surface area contributed by atoms with Crippen molar-refractivity contribution >= 4 is 22.4 Å². The molecule has 104 valence electrons. The zero-order valence-corrected chi connectivity index (χ0v) is 11.8. The first kappa shape index (κ1) is 12.9. The monoisotopic (exact) mass is 291 g/mol.